The van der Waals surface area contributed by atoms with Crippen molar-refractivity contribution >= 4 is 0 Å². The van der Waals surface area contributed by atoms with Gasteiger partial charge in [-0.05, 0) is 38.1 Å². The number of hydrogen-bond donors (Lipinski definition) is 0. The second-order valence-corrected chi connectivity index (χ2v) is 4.59. The van der Waals surface area contributed by atoms with E-state index < -0.39 is 0 Å². The minimum atomic E-state index is 0.511. The Balaban J connectivity index is 3.02. The van der Waals surface area contributed by atoms with Crippen LogP contribution >= 0.6 is 0 Å². The third-order valence-corrected chi connectivity index (χ3v) is 2.53. The lowest BCUT2D eigenvalue weighted by Gasteiger charge is -2.15. The molecule has 0 bridgehead atoms. The van der Waals surface area contributed by atoms with Crippen molar-refractivity contribution in [3.63, 3.8) is 0 Å². The summed E-state index contributed by atoms with van der Waals surface area (Å²) in [5.74, 6) is 0.511. The minimum Gasteiger partial charge on any atom is -0.304 e. The number of rotatable bonds is 4. The standard InChI is InChI=1S/C13H22N2/c1-6-11-7-8-12(10(2)3)14-13(11)9-15(4)5/h7-8,10H,6,9H2,1-5H3. The molecule has 0 atom stereocenters. The number of hydrogen-bond acceptors (Lipinski definition) is 2. The summed E-state index contributed by atoms with van der Waals surface area (Å²) in [6, 6.07) is 4.38. The highest BCUT2D eigenvalue weighted by Gasteiger charge is 2.07. The van der Waals surface area contributed by atoms with E-state index >= 15 is 0 Å². The maximum absolute atomic E-state index is 4.74. The molecule has 15 heavy (non-hydrogen) atoms. The van der Waals surface area contributed by atoms with Gasteiger partial charge < -0.3 is 4.90 Å². The van der Waals surface area contributed by atoms with Crippen molar-refractivity contribution in [1.29, 1.82) is 0 Å². The van der Waals surface area contributed by atoms with Crippen LogP contribution in [0.3, 0.4) is 0 Å². The minimum absolute atomic E-state index is 0.511. The van der Waals surface area contributed by atoms with Crippen LogP contribution in [0.1, 0.15) is 43.6 Å². The average Bonchev–Trinajstić information content (AvgIpc) is 2.16. The highest BCUT2D eigenvalue weighted by atomic mass is 15.1. The van der Waals surface area contributed by atoms with Gasteiger partial charge in [-0.15, -0.1) is 0 Å². The van der Waals surface area contributed by atoms with E-state index in [2.05, 4.69) is 51.9 Å². The Morgan fingerprint density at radius 2 is 1.93 bits per heavy atom. The van der Waals surface area contributed by atoms with Gasteiger partial charge in [0.25, 0.3) is 0 Å². The van der Waals surface area contributed by atoms with Crippen molar-refractivity contribution in [3.8, 4) is 0 Å². The molecule has 0 amide bonds. The van der Waals surface area contributed by atoms with Gasteiger partial charge in [0, 0.05) is 12.2 Å². The lowest BCUT2D eigenvalue weighted by atomic mass is 10.1. The predicted octanol–water partition coefficient (Wildman–Crippen LogP) is 2.83. The highest BCUT2D eigenvalue weighted by molar-refractivity contribution is 5.24. The normalized spacial score (nSPS) is 11.4. The smallest absolute Gasteiger partial charge is 0.0578 e. The Morgan fingerprint density at radius 3 is 2.40 bits per heavy atom. The van der Waals surface area contributed by atoms with Crippen LogP contribution in [-0.2, 0) is 13.0 Å². The number of pyridine rings is 1. The van der Waals surface area contributed by atoms with Gasteiger partial charge in [-0.25, -0.2) is 0 Å². The van der Waals surface area contributed by atoms with Crippen molar-refractivity contribution in [1.82, 2.24) is 9.88 Å². The van der Waals surface area contributed by atoms with Gasteiger partial charge in [0.2, 0.25) is 0 Å². The third kappa shape index (κ3) is 3.31. The summed E-state index contributed by atoms with van der Waals surface area (Å²) in [7, 11) is 4.17. The van der Waals surface area contributed by atoms with Gasteiger partial charge in [0.15, 0.2) is 0 Å². The molecule has 1 heterocycles. The molecule has 0 unspecified atom stereocenters. The van der Waals surface area contributed by atoms with E-state index in [4.69, 9.17) is 4.98 Å². The first-order valence-corrected chi connectivity index (χ1v) is 5.68. The molecule has 2 nitrogen and oxygen atoms in total. The first-order chi connectivity index (χ1) is 7.04. The van der Waals surface area contributed by atoms with Crippen molar-refractivity contribution in [2.45, 2.75) is 39.7 Å². The fraction of sp³-hybridized carbons (Fsp3) is 0.615. The molecular formula is C13H22N2. The summed E-state index contributed by atoms with van der Waals surface area (Å²) < 4.78 is 0. The Kier molecular flexibility index (Phi) is 4.28. The summed E-state index contributed by atoms with van der Waals surface area (Å²) in [6.45, 7) is 7.50. The van der Waals surface area contributed by atoms with E-state index in [0.717, 1.165) is 13.0 Å². The van der Waals surface area contributed by atoms with Crippen LogP contribution in [0.25, 0.3) is 0 Å². The molecule has 1 aromatic rings. The largest absolute Gasteiger partial charge is 0.304 e. The molecule has 0 aromatic carbocycles. The van der Waals surface area contributed by atoms with E-state index in [1.165, 1.54) is 17.0 Å². The lowest BCUT2D eigenvalue weighted by Crippen LogP contribution is -2.14. The Bertz CT molecular complexity index is 316. The average molecular weight is 206 g/mol. The molecule has 0 N–H and O–H groups in total. The zero-order valence-corrected chi connectivity index (χ0v) is 10.5. The monoisotopic (exact) mass is 206 g/mol. The van der Waals surface area contributed by atoms with Crippen LogP contribution in [0.4, 0.5) is 0 Å². The zero-order chi connectivity index (χ0) is 11.4. The molecule has 0 saturated heterocycles. The van der Waals surface area contributed by atoms with E-state index in [-0.39, 0.29) is 0 Å². The molecule has 0 aliphatic rings. The van der Waals surface area contributed by atoms with E-state index in [1.807, 2.05) is 0 Å². The topological polar surface area (TPSA) is 16.1 Å². The zero-order valence-electron chi connectivity index (χ0n) is 10.5. The van der Waals surface area contributed by atoms with Crippen LogP contribution in [0.2, 0.25) is 0 Å². The Labute approximate surface area is 93.3 Å². The molecule has 0 aliphatic carbocycles. The lowest BCUT2D eigenvalue weighted by molar-refractivity contribution is 0.394. The molecule has 84 valence electrons. The van der Waals surface area contributed by atoms with Crippen molar-refractivity contribution < 1.29 is 0 Å². The maximum atomic E-state index is 4.74. The van der Waals surface area contributed by atoms with Crippen LogP contribution in [0.15, 0.2) is 12.1 Å². The molecule has 0 radical (unpaired) electrons. The fourth-order valence-corrected chi connectivity index (χ4v) is 1.63. The van der Waals surface area contributed by atoms with E-state index in [1.54, 1.807) is 0 Å². The summed E-state index contributed by atoms with van der Waals surface area (Å²) in [5.41, 5.74) is 3.80. The molecule has 1 aromatic heterocycles. The first-order valence-electron chi connectivity index (χ1n) is 5.68. The molecule has 0 aliphatic heterocycles. The van der Waals surface area contributed by atoms with Crippen molar-refractivity contribution in [2.24, 2.45) is 0 Å². The van der Waals surface area contributed by atoms with Crippen LogP contribution in [0, 0.1) is 0 Å². The number of nitrogens with zero attached hydrogens (tertiary/aromatic N) is 2. The third-order valence-electron chi connectivity index (χ3n) is 2.53. The van der Waals surface area contributed by atoms with Gasteiger partial charge in [0.05, 0.1) is 5.69 Å². The summed E-state index contributed by atoms with van der Waals surface area (Å²) in [5, 5.41) is 0. The molecule has 1 rings (SSSR count). The van der Waals surface area contributed by atoms with Crippen LogP contribution in [-0.4, -0.2) is 24.0 Å². The quantitative estimate of drug-likeness (QED) is 0.753. The van der Waals surface area contributed by atoms with Gasteiger partial charge in [0.1, 0.15) is 0 Å². The Hall–Kier alpha value is -0.890. The summed E-state index contributed by atoms with van der Waals surface area (Å²) in [6.07, 6.45) is 1.06. The Morgan fingerprint density at radius 1 is 1.27 bits per heavy atom. The SMILES string of the molecule is CCc1ccc(C(C)C)nc1CN(C)C. The van der Waals surface area contributed by atoms with Crippen LogP contribution < -0.4 is 0 Å². The van der Waals surface area contributed by atoms with E-state index in [0.29, 0.717) is 5.92 Å². The second-order valence-electron chi connectivity index (χ2n) is 4.59. The first kappa shape index (κ1) is 12.2. The fourth-order valence-electron chi connectivity index (χ4n) is 1.63. The molecule has 0 spiro atoms. The van der Waals surface area contributed by atoms with Gasteiger partial charge >= 0.3 is 0 Å². The molecule has 0 fully saturated rings. The van der Waals surface area contributed by atoms with Crippen molar-refractivity contribution in [3.05, 3.63) is 29.1 Å². The molecular weight excluding hydrogens is 184 g/mol. The number of aromatic nitrogens is 1. The molecule has 0 saturated carbocycles. The van der Waals surface area contributed by atoms with Crippen LogP contribution in [0.5, 0.6) is 0 Å². The van der Waals surface area contributed by atoms with Gasteiger partial charge in [-0.1, -0.05) is 26.8 Å². The summed E-state index contributed by atoms with van der Waals surface area (Å²) in [4.78, 5) is 6.91. The molecule has 2 heteroatoms. The predicted molar refractivity (Wildman–Crippen MR) is 65.1 cm³/mol. The van der Waals surface area contributed by atoms with Gasteiger partial charge in [-0.2, -0.15) is 0 Å². The summed E-state index contributed by atoms with van der Waals surface area (Å²) >= 11 is 0. The van der Waals surface area contributed by atoms with Crippen molar-refractivity contribution in [2.75, 3.05) is 14.1 Å². The second kappa shape index (κ2) is 5.26. The maximum Gasteiger partial charge on any atom is 0.0578 e. The highest BCUT2D eigenvalue weighted by Crippen LogP contribution is 2.16. The van der Waals surface area contributed by atoms with E-state index in [9.17, 15) is 0 Å². The number of aryl methyl sites for hydroxylation is 1. The van der Waals surface area contributed by atoms with Gasteiger partial charge in [-0.3, -0.25) is 4.98 Å².